The summed E-state index contributed by atoms with van der Waals surface area (Å²) >= 11 is 3.32. The highest BCUT2D eigenvalue weighted by Gasteiger charge is 2.13. The van der Waals surface area contributed by atoms with Crippen LogP contribution in [0.4, 0.5) is 0 Å². The lowest BCUT2D eigenvalue weighted by Crippen LogP contribution is -1.95. The Balaban J connectivity index is 2.58. The first-order valence-electron chi connectivity index (χ1n) is 4.97. The third-order valence-electron chi connectivity index (χ3n) is 2.37. The minimum atomic E-state index is -0.0506. The molecule has 0 aliphatic rings. The summed E-state index contributed by atoms with van der Waals surface area (Å²) in [5, 5.41) is 0. The lowest BCUT2D eigenvalue weighted by Gasteiger charge is -2.04. The minimum Gasteiger partial charge on any atom is -0.453 e. The van der Waals surface area contributed by atoms with Gasteiger partial charge in [0.15, 0.2) is 17.8 Å². The van der Waals surface area contributed by atoms with Crippen LogP contribution in [0.15, 0.2) is 39.2 Å². The van der Waals surface area contributed by atoms with Gasteiger partial charge in [-0.15, -0.1) is 0 Å². The van der Waals surface area contributed by atoms with Crippen molar-refractivity contribution in [2.75, 3.05) is 0 Å². The van der Waals surface area contributed by atoms with Gasteiger partial charge in [-0.25, -0.2) is 0 Å². The van der Waals surface area contributed by atoms with Gasteiger partial charge >= 0.3 is 0 Å². The smallest absolute Gasteiger partial charge is 0.185 e. The minimum absolute atomic E-state index is 0.0506. The van der Waals surface area contributed by atoms with E-state index in [4.69, 9.17) is 4.42 Å². The van der Waals surface area contributed by atoms with Crippen LogP contribution in [0.25, 0.3) is 11.3 Å². The summed E-state index contributed by atoms with van der Waals surface area (Å²) in [5.41, 5.74) is 1.25. The first kappa shape index (κ1) is 11.8. The van der Waals surface area contributed by atoms with Crippen molar-refractivity contribution in [1.29, 1.82) is 0 Å². The number of Topliss-reactive ketones (excluding diaryl/α,β-unsaturated/α-hetero) is 1. The standard InChI is InChI=1S/C13H9BrO3/c1-8(16)12-6-9(14)2-4-11(12)13-5-3-10(7-15)17-13/h2-7H,1H3. The Labute approximate surface area is 107 Å². The Morgan fingerprint density at radius 1 is 1.29 bits per heavy atom. The van der Waals surface area contributed by atoms with Crippen molar-refractivity contribution >= 4 is 28.0 Å². The summed E-state index contributed by atoms with van der Waals surface area (Å²) in [6.45, 7) is 1.49. The molecule has 1 heterocycles. The van der Waals surface area contributed by atoms with Gasteiger partial charge in [0, 0.05) is 15.6 Å². The highest BCUT2D eigenvalue weighted by molar-refractivity contribution is 9.10. The zero-order valence-electron chi connectivity index (χ0n) is 9.07. The highest BCUT2D eigenvalue weighted by atomic mass is 79.9. The van der Waals surface area contributed by atoms with Crippen molar-refractivity contribution < 1.29 is 14.0 Å². The molecule has 2 rings (SSSR count). The maximum atomic E-state index is 11.5. The Hall–Kier alpha value is -1.68. The largest absolute Gasteiger partial charge is 0.453 e. The van der Waals surface area contributed by atoms with E-state index in [-0.39, 0.29) is 11.5 Å². The first-order valence-corrected chi connectivity index (χ1v) is 5.77. The molecule has 0 N–H and O–H groups in total. The van der Waals surface area contributed by atoms with Gasteiger partial charge in [0.25, 0.3) is 0 Å². The van der Waals surface area contributed by atoms with E-state index in [1.165, 1.54) is 6.92 Å². The molecule has 0 spiro atoms. The van der Waals surface area contributed by atoms with Crippen LogP contribution in [0.5, 0.6) is 0 Å². The molecule has 0 unspecified atom stereocenters. The van der Waals surface area contributed by atoms with Crippen molar-refractivity contribution in [2.45, 2.75) is 6.92 Å². The van der Waals surface area contributed by atoms with Gasteiger partial charge in [-0.2, -0.15) is 0 Å². The lowest BCUT2D eigenvalue weighted by atomic mass is 10.0. The summed E-state index contributed by atoms with van der Waals surface area (Å²) < 4.78 is 6.14. The van der Waals surface area contributed by atoms with Crippen LogP contribution >= 0.6 is 15.9 Å². The molecule has 4 heteroatoms. The molecule has 0 saturated heterocycles. The van der Waals surface area contributed by atoms with Gasteiger partial charge in [-0.05, 0) is 37.3 Å². The van der Waals surface area contributed by atoms with Crippen LogP contribution in [0.2, 0.25) is 0 Å². The molecule has 0 aliphatic carbocycles. The molecule has 17 heavy (non-hydrogen) atoms. The van der Waals surface area contributed by atoms with Gasteiger partial charge in [-0.1, -0.05) is 15.9 Å². The summed E-state index contributed by atoms with van der Waals surface area (Å²) in [6, 6.07) is 8.60. The second-order valence-corrected chi connectivity index (χ2v) is 4.48. The Morgan fingerprint density at radius 3 is 2.65 bits per heavy atom. The van der Waals surface area contributed by atoms with E-state index in [1.54, 1.807) is 24.3 Å². The number of benzene rings is 1. The molecule has 0 amide bonds. The normalized spacial score (nSPS) is 10.2. The summed E-state index contributed by atoms with van der Waals surface area (Å²) in [7, 11) is 0. The molecule has 0 radical (unpaired) electrons. The first-order chi connectivity index (χ1) is 8.11. The molecule has 86 valence electrons. The zero-order valence-corrected chi connectivity index (χ0v) is 10.7. The van der Waals surface area contributed by atoms with Gasteiger partial charge in [0.05, 0.1) is 0 Å². The van der Waals surface area contributed by atoms with Crippen LogP contribution in [-0.2, 0) is 0 Å². The molecule has 2 aromatic rings. The van der Waals surface area contributed by atoms with Crippen molar-refractivity contribution in [1.82, 2.24) is 0 Å². The second kappa shape index (κ2) is 4.67. The van der Waals surface area contributed by atoms with Crippen LogP contribution < -0.4 is 0 Å². The van der Waals surface area contributed by atoms with Crippen molar-refractivity contribution in [3.05, 3.63) is 46.1 Å². The number of aldehydes is 1. The molecular weight excluding hydrogens is 284 g/mol. The van der Waals surface area contributed by atoms with Crippen molar-refractivity contribution in [2.24, 2.45) is 0 Å². The monoisotopic (exact) mass is 292 g/mol. The van der Waals surface area contributed by atoms with Gasteiger partial charge in [0.2, 0.25) is 0 Å². The summed E-state index contributed by atoms with van der Waals surface area (Å²) in [6.07, 6.45) is 0.635. The van der Waals surface area contributed by atoms with Crippen molar-refractivity contribution in [3.8, 4) is 11.3 Å². The molecule has 1 aromatic carbocycles. The quantitative estimate of drug-likeness (QED) is 0.640. The SMILES string of the molecule is CC(=O)c1cc(Br)ccc1-c1ccc(C=O)o1. The fourth-order valence-corrected chi connectivity index (χ4v) is 1.94. The molecule has 3 nitrogen and oxygen atoms in total. The molecule has 0 saturated carbocycles. The van der Waals surface area contributed by atoms with E-state index in [2.05, 4.69) is 15.9 Å². The maximum Gasteiger partial charge on any atom is 0.185 e. The number of hydrogen-bond acceptors (Lipinski definition) is 3. The summed E-state index contributed by atoms with van der Waals surface area (Å²) in [4.78, 5) is 22.1. The number of halogens is 1. The van der Waals surface area contributed by atoms with Gasteiger partial charge < -0.3 is 4.42 Å². The number of ketones is 1. The zero-order chi connectivity index (χ0) is 12.4. The van der Waals surface area contributed by atoms with E-state index in [0.717, 1.165) is 4.47 Å². The molecule has 1 aromatic heterocycles. The van der Waals surface area contributed by atoms with Crippen LogP contribution in [0, 0.1) is 0 Å². The van der Waals surface area contributed by atoms with Crippen LogP contribution in [0.1, 0.15) is 27.8 Å². The molecular formula is C13H9BrO3. The third kappa shape index (κ3) is 2.36. The predicted molar refractivity (Wildman–Crippen MR) is 67.2 cm³/mol. The maximum absolute atomic E-state index is 11.5. The number of furan rings is 1. The van der Waals surface area contributed by atoms with Crippen LogP contribution in [0.3, 0.4) is 0 Å². The highest BCUT2D eigenvalue weighted by Crippen LogP contribution is 2.28. The van der Waals surface area contributed by atoms with E-state index >= 15 is 0 Å². The second-order valence-electron chi connectivity index (χ2n) is 3.57. The lowest BCUT2D eigenvalue weighted by molar-refractivity contribution is 0.101. The molecule has 0 atom stereocenters. The van der Waals surface area contributed by atoms with E-state index < -0.39 is 0 Å². The topological polar surface area (TPSA) is 47.3 Å². The van der Waals surface area contributed by atoms with Crippen molar-refractivity contribution in [3.63, 3.8) is 0 Å². The Bertz CT molecular complexity index is 584. The number of carbonyl (C=O) groups is 2. The fourth-order valence-electron chi connectivity index (χ4n) is 1.58. The van der Waals surface area contributed by atoms with E-state index in [0.29, 0.717) is 23.2 Å². The number of carbonyl (C=O) groups excluding carboxylic acids is 2. The molecule has 0 fully saturated rings. The Morgan fingerprint density at radius 2 is 2.06 bits per heavy atom. The van der Waals surface area contributed by atoms with Gasteiger partial charge in [-0.3, -0.25) is 9.59 Å². The third-order valence-corrected chi connectivity index (χ3v) is 2.86. The predicted octanol–water partition coefficient (Wildman–Crippen LogP) is 3.72. The number of hydrogen-bond donors (Lipinski definition) is 0. The average Bonchev–Trinajstić information content (AvgIpc) is 2.77. The average molecular weight is 293 g/mol. The Kier molecular flexibility index (Phi) is 3.24. The summed E-state index contributed by atoms with van der Waals surface area (Å²) in [5.74, 6) is 0.715. The van der Waals surface area contributed by atoms with E-state index in [1.807, 2.05) is 6.07 Å². The molecule has 0 aliphatic heterocycles. The fraction of sp³-hybridized carbons (Fsp3) is 0.0769. The van der Waals surface area contributed by atoms with E-state index in [9.17, 15) is 9.59 Å². The molecule has 0 bridgehead atoms. The number of rotatable bonds is 3. The van der Waals surface area contributed by atoms with Crippen LogP contribution in [-0.4, -0.2) is 12.1 Å². The van der Waals surface area contributed by atoms with Gasteiger partial charge in [0.1, 0.15) is 5.76 Å².